The van der Waals surface area contributed by atoms with Crippen molar-refractivity contribution in [1.29, 1.82) is 0 Å². The molecule has 0 unspecified atom stereocenters. The van der Waals surface area contributed by atoms with Crippen LogP contribution in [0.5, 0.6) is 0 Å². The van der Waals surface area contributed by atoms with E-state index >= 15 is 0 Å². The second kappa shape index (κ2) is 7.62. The SMILES string of the molecule is O=C(NCCSCc1ccc(Cl)c(Cl)c1)c1ccco1. The van der Waals surface area contributed by atoms with E-state index in [-0.39, 0.29) is 5.91 Å². The van der Waals surface area contributed by atoms with E-state index in [4.69, 9.17) is 27.6 Å². The predicted octanol–water partition coefficient (Wildman–Crippen LogP) is 4.25. The zero-order chi connectivity index (χ0) is 14.4. The summed E-state index contributed by atoms with van der Waals surface area (Å²) in [5.41, 5.74) is 1.11. The molecule has 0 aliphatic carbocycles. The van der Waals surface area contributed by atoms with Crippen molar-refractivity contribution in [2.45, 2.75) is 5.75 Å². The maximum atomic E-state index is 11.6. The molecule has 0 atom stereocenters. The fourth-order valence-electron chi connectivity index (χ4n) is 1.55. The third kappa shape index (κ3) is 4.47. The molecule has 106 valence electrons. The van der Waals surface area contributed by atoms with E-state index in [2.05, 4.69) is 5.32 Å². The third-order valence-corrected chi connectivity index (χ3v) is 4.30. The van der Waals surface area contributed by atoms with Crippen molar-refractivity contribution in [1.82, 2.24) is 5.32 Å². The summed E-state index contributed by atoms with van der Waals surface area (Å²) in [7, 11) is 0. The summed E-state index contributed by atoms with van der Waals surface area (Å²) in [5, 5.41) is 3.92. The average molecular weight is 330 g/mol. The maximum absolute atomic E-state index is 11.6. The van der Waals surface area contributed by atoms with Crippen LogP contribution in [0.25, 0.3) is 0 Å². The number of thioether (sulfide) groups is 1. The van der Waals surface area contributed by atoms with Gasteiger partial charge in [0.25, 0.3) is 5.91 Å². The van der Waals surface area contributed by atoms with Gasteiger partial charge >= 0.3 is 0 Å². The van der Waals surface area contributed by atoms with Gasteiger partial charge in [0, 0.05) is 18.1 Å². The molecule has 6 heteroatoms. The summed E-state index contributed by atoms with van der Waals surface area (Å²) in [5.74, 6) is 1.78. The molecule has 3 nitrogen and oxygen atoms in total. The minimum absolute atomic E-state index is 0.190. The highest BCUT2D eigenvalue weighted by Crippen LogP contribution is 2.24. The zero-order valence-corrected chi connectivity index (χ0v) is 12.9. The van der Waals surface area contributed by atoms with Crippen LogP contribution in [-0.4, -0.2) is 18.2 Å². The lowest BCUT2D eigenvalue weighted by Crippen LogP contribution is -2.25. The van der Waals surface area contributed by atoms with E-state index in [9.17, 15) is 4.79 Å². The Morgan fingerprint density at radius 3 is 2.80 bits per heavy atom. The number of nitrogens with one attached hydrogen (secondary N) is 1. The van der Waals surface area contributed by atoms with Gasteiger partial charge in [0.05, 0.1) is 16.3 Å². The first-order valence-electron chi connectivity index (χ1n) is 6.00. The maximum Gasteiger partial charge on any atom is 0.287 e. The zero-order valence-electron chi connectivity index (χ0n) is 10.6. The highest BCUT2D eigenvalue weighted by atomic mass is 35.5. The molecule has 0 radical (unpaired) electrons. The molecule has 1 N–H and O–H groups in total. The molecule has 1 aromatic heterocycles. The Balaban J connectivity index is 1.66. The Bertz CT molecular complexity index is 573. The van der Waals surface area contributed by atoms with Gasteiger partial charge in [0.2, 0.25) is 0 Å². The molecule has 1 amide bonds. The van der Waals surface area contributed by atoms with Gasteiger partial charge in [-0.15, -0.1) is 0 Å². The number of hydrogen-bond donors (Lipinski definition) is 1. The molecule has 0 aliphatic heterocycles. The molecule has 1 aromatic carbocycles. The van der Waals surface area contributed by atoms with Crippen LogP contribution in [0.3, 0.4) is 0 Å². The van der Waals surface area contributed by atoms with Crippen LogP contribution in [0.2, 0.25) is 10.0 Å². The van der Waals surface area contributed by atoms with Crippen molar-refractivity contribution in [2.24, 2.45) is 0 Å². The molecule has 0 bridgehead atoms. The molecule has 0 fully saturated rings. The number of carbonyl (C=O) groups excluding carboxylic acids is 1. The van der Waals surface area contributed by atoms with Crippen molar-refractivity contribution in [2.75, 3.05) is 12.3 Å². The van der Waals surface area contributed by atoms with E-state index in [1.165, 1.54) is 6.26 Å². The number of amides is 1. The molecule has 0 saturated carbocycles. The van der Waals surface area contributed by atoms with Gasteiger partial charge in [-0.2, -0.15) is 11.8 Å². The van der Waals surface area contributed by atoms with Gasteiger partial charge < -0.3 is 9.73 Å². The highest BCUT2D eigenvalue weighted by Gasteiger charge is 2.06. The number of carbonyl (C=O) groups is 1. The molecule has 2 rings (SSSR count). The second-order valence-electron chi connectivity index (χ2n) is 4.03. The quantitative estimate of drug-likeness (QED) is 0.805. The predicted molar refractivity (Wildman–Crippen MR) is 83.7 cm³/mol. The lowest BCUT2D eigenvalue weighted by molar-refractivity contribution is 0.0928. The molecule has 2 aromatic rings. The van der Waals surface area contributed by atoms with E-state index in [0.29, 0.717) is 22.4 Å². The van der Waals surface area contributed by atoms with E-state index in [1.54, 1.807) is 30.0 Å². The van der Waals surface area contributed by atoms with Gasteiger partial charge in [-0.25, -0.2) is 0 Å². The van der Waals surface area contributed by atoms with Gasteiger partial charge in [0.1, 0.15) is 0 Å². The van der Waals surface area contributed by atoms with Crippen molar-refractivity contribution < 1.29 is 9.21 Å². The smallest absolute Gasteiger partial charge is 0.287 e. The Hall–Kier alpha value is -1.10. The van der Waals surface area contributed by atoms with Gasteiger partial charge in [-0.05, 0) is 29.8 Å². The minimum Gasteiger partial charge on any atom is -0.459 e. The van der Waals surface area contributed by atoms with Crippen LogP contribution >= 0.6 is 35.0 Å². The van der Waals surface area contributed by atoms with Crippen molar-refractivity contribution >= 4 is 40.9 Å². The highest BCUT2D eigenvalue weighted by molar-refractivity contribution is 7.98. The Kier molecular flexibility index (Phi) is 5.83. The van der Waals surface area contributed by atoms with Gasteiger partial charge in [-0.3, -0.25) is 4.79 Å². The van der Waals surface area contributed by atoms with Crippen LogP contribution in [0.4, 0.5) is 0 Å². The standard InChI is InChI=1S/C14H13Cl2NO2S/c15-11-4-3-10(8-12(11)16)9-20-7-5-17-14(18)13-2-1-6-19-13/h1-4,6,8H,5,7,9H2,(H,17,18). The molecular formula is C14H13Cl2NO2S. The fourth-order valence-corrected chi connectivity index (χ4v) is 2.68. The lowest BCUT2D eigenvalue weighted by atomic mass is 10.2. The first kappa shape index (κ1) is 15.3. The number of furan rings is 1. The van der Waals surface area contributed by atoms with Crippen LogP contribution in [0, 0.1) is 0 Å². The summed E-state index contributed by atoms with van der Waals surface area (Å²) >= 11 is 13.5. The third-order valence-electron chi connectivity index (χ3n) is 2.53. The molecule has 0 saturated heterocycles. The van der Waals surface area contributed by atoms with Crippen LogP contribution in [0.15, 0.2) is 41.0 Å². The van der Waals surface area contributed by atoms with Crippen LogP contribution in [-0.2, 0) is 5.75 Å². The number of hydrogen-bond acceptors (Lipinski definition) is 3. The topological polar surface area (TPSA) is 42.2 Å². The summed E-state index contributed by atoms with van der Waals surface area (Å²) in [6.45, 7) is 0.589. The summed E-state index contributed by atoms with van der Waals surface area (Å²) < 4.78 is 5.00. The van der Waals surface area contributed by atoms with E-state index in [1.807, 2.05) is 12.1 Å². The minimum atomic E-state index is -0.190. The molecule has 0 aliphatic rings. The van der Waals surface area contributed by atoms with Crippen molar-refractivity contribution in [3.05, 3.63) is 58.0 Å². The molecule has 1 heterocycles. The largest absolute Gasteiger partial charge is 0.459 e. The molecule has 0 spiro atoms. The monoisotopic (exact) mass is 329 g/mol. The molecular weight excluding hydrogens is 317 g/mol. The number of halogens is 2. The number of benzene rings is 1. The van der Waals surface area contributed by atoms with Gasteiger partial charge in [0.15, 0.2) is 5.76 Å². The number of rotatable bonds is 6. The van der Waals surface area contributed by atoms with Crippen molar-refractivity contribution in [3.63, 3.8) is 0 Å². The summed E-state index contributed by atoms with van der Waals surface area (Å²) in [6.07, 6.45) is 1.48. The van der Waals surface area contributed by atoms with Crippen LogP contribution in [0.1, 0.15) is 16.1 Å². The first-order valence-corrected chi connectivity index (χ1v) is 7.91. The first-order chi connectivity index (χ1) is 9.66. The molecule has 20 heavy (non-hydrogen) atoms. The summed E-state index contributed by atoms with van der Waals surface area (Å²) in [4.78, 5) is 11.6. The van der Waals surface area contributed by atoms with Gasteiger partial charge in [-0.1, -0.05) is 29.3 Å². The lowest BCUT2D eigenvalue weighted by Gasteiger charge is -2.05. The fraction of sp³-hybridized carbons (Fsp3) is 0.214. The average Bonchev–Trinajstić information content (AvgIpc) is 2.96. The summed E-state index contributed by atoms with van der Waals surface area (Å²) in [6, 6.07) is 8.92. The van der Waals surface area contributed by atoms with E-state index in [0.717, 1.165) is 17.1 Å². The Morgan fingerprint density at radius 2 is 2.10 bits per heavy atom. The van der Waals surface area contributed by atoms with E-state index < -0.39 is 0 Å². The van der Waals surface area contributed by atoms with Crippen LogP contribution < -0.4 is 5.32 Å². The Morgan fingerprint density at radius 1 is 1.25 bits per heavy atom. The second-order valence-corrected chi connectivity index (χ2v) is 5.95. The Labute approximate surface area is 131 Å². The van der Waals surface area contributed by atoms with Crippen molar-refractivity contribution in [3.8, 4) is 0 Å². The normalized spacial score (nSPS) is 10.5.